The third kappa shape index (κ3) is 1.00. The Morgan fingerprint density at radius 1 is 1.50 bits per heavy atom. The van der Waals surface area contributed by atoms with Crippen LogP contribution in [0, 0.1) is 0 Å². The fraction of sp³-hybridized carbons (Fsp3) is 0.200. The number of aromatic nitrogens is 5. The van der Waals surface area contributed by atoms with Gasteiger partial charge < -0.3 is 0 Å². The molecule has 0 atom stereocenters. The average Bonchev–Trinajstić information content (AvgIpc) is 2.49. The van der Waals surface area contributed by atoms with Crippen LogP contribution in [-0.2, 0) is 0 Å². The molecule has 2 aromatic rings. The molecule has 2 rings (SSSR count). The summed E-state index contributed by atoms with van der Waals surface area (Å²) in [5, 5.41) is 7.79. The summed E-state index contributed by atoms with van der Waals surface area (Å²) in [4.78, 5) is 9.94. The van der Waals surface area contributed by atoms with E-state index in [0.717, 1.165) is 5.65 Å². The van der Waals surface area contributed by atoms with E-state index < -0.39 is 0 Å². The number of nitrogens with two attached hydrogens (primary N) is 1. The van der Waals surface area contributed by atoms with Crippen molar-refractivity contribution in [1.29, 1.82) is 0 Å². The summed E-state index contributed by atoms with van der Waals surface area (Å²) in [7, 11) is 0. The predicted molar refractivity (Wildman–Crippen MR) is 38.9 cm³/mol. The Morgan fingerprint density at radius 3 is 3.08 bits per heavy atom. The molecule has 0 aliphatic heterocycles. The minimum absolute atomic E-state index is 0.171. The maximum atomic E-state index is 5.57. The molecule has 0 fully saturated rings. The Hall–Kier alpha value is -0.990. The molecule has 0 saturated heterocycles. The van der Waals surface area contributed by atoms with E-state index in [2.05, 4.69) is 25.2 Å². The average molecular weight is 277 g/mol. The number of alkyl halides is 1. The maximum absolute atomic E-state index is 5.57. The molecule has 0 radical (unpaired) electrons. The van der Waals surface area contributed by atoms with Crippen LogP contribution in [0.3, 0.4) is 0 Å². The molecule has 0 spiro atoms. The molecule has 2 heterocycles. The van der Waals surface area contributed by atoms with E-state index in [-0.39, 0.29) is 21.5 Å². The number of nitrogens with zero attached hydrogens (tertiary/aromatic N) is 5. The van der Waals surface area contributed by atoms with Gasteiger partial charge in [0, 0.05) is 0 Å². The number of anilines is 1. The summed E-state index contributed by atoms with van der Waals surface area (Å²) in [6.45, 7) is 0. The standard InChI is InChI=1S/C5H6IN6/c1-6-12-5-3(10-11-12)4(7)8-2-9-5/h2H,1H3,(H2,7,8,9)/q-1. The van der Waals surface area contributed by atoms with Crippen LogP contribution in [0.1, 0.15) is 0 Å². The molecular formula is C5H6IN6-. The fourth-order valence-corrected chi connectivity index (χ4v) is 1.95. The first-order valence-corrected chi connectivity index (χ1v) is 6.27. The van der Waals surface area contributed by atoms with Crippen molar-refractivity contribution in [3.8, 4) is 0 Å². The zero-order chi connectivity index (χ0) is 8.55. The summed E-state index contributed by atoms with van der Waals surface area (Å²) >= 11 is -0.171. The van der Waals surface area contributed by atoms with Gasteiger partial charge in [-0.3, -0.25) is 0 Å². The normalized spacial score (nSPS) is 11.1. The van der Waals surface area contributed by atoms with Crippen molar-refractivity contribution in [2.24, 2.45) is 0 Å². The Kier molecular flexibility index (Phi) is 1.79. The molecule has 0 aliphatic rings. The van der Waals surface area contributed by atoms with Crippen LogP contribution < -0.4 is 27.2 Å². The van der Waals surface area contributed by atoms with Crippen LogP contribution in [0.2, 0.25) is 0 Å². The molecule has 2 aromatic heterocycles. The van der Waals surface area contributed by atoms with E-state index in [1.54, 1.807) is 2.90 Å². The molecular weight excluding hydrogens is 271 g/mol. The van der Waals surface area contributed by atoms with Gasteiger partial charge in [-0.25, -0.2) is 0 Å². The van der Waals surface area contributed by atoms with Crippen LogP contribution in [0.4, 0.5) is 5.82 Å². The van der Waals surface area contributed by atoms with E-state index in [0.29, 0.717) is 11.3 Å². The summed E-state index contributed by atoms with van der Waals surface area (Å²) in [5.41, 5.74) is 6.90. The van der Waals surface area contributed by atoms with E-state index in [1.165, 1.54) is 6.33 Å². The van der Waals surface area contributed by atoms with Gasteiger partial charge in [0.2, 0.25) is 0 Å². The quantitative estimate of drug-likeness (QED) is 0.428. The second-order valence-electron chi connectivity index (χ2n) is 2.05. The van der Waals surface area contributed by atoms with E-state index >= 15 is 0 Å². The van der Waals surface area contributed by atoms with Crippen molar-refractivity contribution in [3.05, 3.63) is 6.33 Å². The van der Waals surface area contributed by atoms with Crippen LogP contribution >= 0.6 is 0 Å². The Morgan fingerprint density at radius 2 is 2.33 bits per heavy atom. The number of hydrogen-bond acceptors (Lipinski definition) is 5. The summed E-state index contributed by atoms with van der Waals surface area (Å²) in [6, 6.07) is 0. The molecule has 0 bridgehead atoms. The zero-order valence-electron chi connectivity index (χ0n) is 6.27. The van der Waals surface area contributed by atoms with Gasteiger partial charge >= 0.3 is 78.6 Å². The number of halogens is 1. The van der Waals surface area contributed by atoms with Crippen molar-refractivity contribution < 1.29 is 21.5 Å². The van der Waals surface area contributed by atoms with Gasteiger partial charge in [0.1, 0.15) is 0 Å². The molecule has 0 saturated carbocycles. The first-order valence-electron chi connectivity index (χ1n) is 3.15. The van der Waals surface area contributed by atoms with Gasteiger partial charge in [-0.2, -0.15) is 0 Å². The monoisotopic (exact) mass is 277 g/mol. The van der Waals surface area contributed by atoms with Crippen molar-refractivity contribution in [2.45, 2.75) is 0 Å². The third-order valence-corrected chi connectivity index (χ3v) is 2.95. The van der Waals surface area contributed by atoms with Crippen LogP contribution in [0.25, 0.3) is 11.2 Å². The Labute approximate surface area is 78.8 Å². The summed E-state index contributed by atoms with van der Waals surface area (Å²) in [6.07, 6.45) is 1.43. The van der Waals surface area contributed by atoms with Gasteiger partial charge in [-0.1, -0.05) is 0 Å². The number of hydrogen-bond donors (Lipinski definition) is 1. The molecule has 64 valence electrons. The van der Waals surface area contributed by atoms with Crippen LogP contribution in [-0.4, -0.2) is 28.1 Å². The molecule has 2 N–H and O–H groups in total. The van der Waals surface area contributed by atoms with E-state index in [1.807, 2.05) is 0 Å². The van der Waals surface area contributed by atoms with Gasteiger partial charge in [-0.05, 0) is 0 Å². The molecule has 0 aromatic carbocycles. The van der Waals surface area contributed by atoms with Gasteiger partial charge in [0.05, 0.1) is 0 Å². The van der Waals surface area contributed by atoms with E-state index in [4.69, 9.17) is 5.73 Å². The van der Waals surface area contributed by atoms with Crippen LogP contribution in [0.5, 0.6) is 0 Å². The van der Waals surface area contributed by atoms with Gasteiger partial charge in [-0.15, -0.1) is 0 Å². The number of fused-ring (bicyclic) bond motifs is 1. The van der Waals surface area contributed by atoms with Gasteiger partial charge in [0.25, 0.3) is 0 Å². The minimum atomic E-state index is -0.171. The Bertz CT molecular complexity index is 409. The predicted octanol–water partition coefficient (Wildman–Crippen LogP) is -3.71. The van der Waals surface area contributed by atoms with Crippen LogP contribution in [0.15, 0.2) is 6.33 Å². The first kappa shape index (κ1) is 7.65. The summed E-state index contributed by atoms with van der Waals surface area (Å²) in [5.74, 6) is 0.392. The topological polar surface area (TPSA) is 82.5 Å². The summed E-state index contributed by atoms with van der Waals surface area (Å²) < 4.78 is 1.78. The molecule has 0 unspecified atom stereocenters. The molecule has 12 heavy (non-hydrogen) atoms. The zero-order valence-corrected chi connectivity index (χ0v) is 8.43. The SMILES string of the molecule is C[I-]n1nnc2c(N)ncnc21. The Balaban J connectivity index is 2.80. The molecule has 0 aliphatic carbocycles. The van der Waals surface area contributed by atoms with E-state index in [9.17, 15) is 0 Å². The van der Waals surface area contributed by atoms with Crippen molar-refractivity contribution in [1.82, 2.24) is 23.2 Å². The number of rotatable bonds is 1. The number of nitrogen functional groups attached to an aromatic ring is 1. The van der Waals surface area contributed by atoms with Gasteiger partial charge in [0.15, 0.2) is 0 Å². The van der Waals surface area contributed by atoms with Crippen molar-refractivity contribution in [2.75, 3.05) is 10.7 Å². The third-order valence-electron chi connectivity index (χ3n) is 1.39. The van der Waals surface area contributed by atoms with Crippen molar-refractivity contribution >= 4 is 17.0 Å². The molecule has 7 heteroatoms. The molecule has 0 amide bonds. The van der Waals surface area contributed by atoms with Crippen molar-refractivity contribution in [3.63, 3.8) is 0 Å². The fourth-order valence-electron chi connectivity index (χ4n) is 0.854. The molecule has 6 nitrogen and oxygen atoms in total. The second kappa shape index (κ2) is 2.81. The second-order valence-corrected chi connectivity index (χ2v) is 3.93. The first-order chi connectivity index (χ1) is 5.83.